The molecule has 10 heavy (non-hydrogen) atoms. The molecule has 1 heterocycles. The molecule has 0 aliphatic carbocycles. The van der Waals surface area contributed by atoms with Gasteiger partial charge in [0.05, 0.1) is 0 Å². The van der Waals surface area contributed by atoms with Crippen LogP contribution < -0.4 is 0 Å². The van der Waals surface area contributed by atoms with Gasteiger partial charge in [-0.25, -0.2) is 0 Å². The van der Waals surface area contributed by atoms with Gasteiger partial charge in [0.1, 0.15) is 0 Å². The minimum Gasteiger partial charge on any atom is -0.331 e. The molecule has 0 aromatic carbocycles. The van der Waals surface area contributed by atoms with Gasteiger partial charge in [-0.3, -0.25) is 0 Å². The summed E-state index contributed by atoms with van der Waals surface area (Å²) < 4.78 is -1.32. The van der Waals surface area contributed by atoms with Crippen LogP contribution in [0.5, 0.6) is 0 Å². The average molecular weight is 198 g/mol. The van der Waals surface area contributed by atoms with Crippen LogP contribution in [0.3, 0.4) is 0 Å². The summed E-state index contributed by atoms with van der Waals surface area (Å²) in [4.78, 5) is 1.61. The molecule has 0 saturated carbocycles. The number of rotatable bonds is 0. The summed E-state index contributed by atoms with van der Waals surface area (Å²) in [6.07, 6.45) is 7.40. The number of hydrogen-bond acceptors (Lipinski definition) is 1. The number of alkyl halides is 3. The number of hydrogen-bond donors (Lipinski definition) is 0. The fraction of sp³-hybridized carbons (Fsp3) is 0.333. The first-order chi connectivity index (χ1) is 4.61. The van der Waals surface area contributed by atoms with Crippen molar-refractivity contribution in [3.8, 4) is 0 Å². The molecule has 0 unspecified atom stereocenters. The Balaban J connectivity index is 2.60. The quantitative estimate of drug-likeness (QED) is 0.427. The maximum absolute atomic E-state index is 5.58. The second-order valence-corrected chi connectivity index (χ2v) is 4.11. The Morgan fingerprint density at radius 1 is 1.20 bits per heavy atom. The van der Waals surface area contributed by atoms with Crippen LogP contribution >= 0.6 is 34.8 Å². The second-order valence-electron chi connectivity index (χ2n) is 1.89. The van der Waals surface area contributed by atoms with Crippen LogP contribution in [-0.2, 0) is 0 Å². The van der Waals surface area contributed by atoms with E-state index in [2.05, 4.69) is 0 Å². The standard InChI is InChI=1S/C6H6Cl3N/c7-6(8,9)10-4-2-1-3-5-10/h1-4H,5H2. The van der Waals surface area contributed by atoms with Crippen molar-refractivity contribution in [1.82, 2.24) is 4.90 Å². The molecule has 4 heteroatoms. The van der Waals surface area contributed by atoms with Crippen LogP contribution in [0, 0.1) is 0 Å². The van der Waals surface area contributed by atoms with Gasteiger partial charge in [-0.05, 0) is 6.08 Å². The highest BCUT2D eigenvalue weighted by Gasteiger charge is 2.26. The van der Waals surface area contributed by atoms with E-state index in [-0.39, 0.29) is 0 Å². The Morgan fingerprint density at radius 3 is 2.20 bits per heavy atom. The molecule has 0 aromatic rings. The van der Waals surface area contributed by atoms with Crippen LogP contribution in [0.25, 0.3) is 0 Å². The van der Waals surface area contributed by atoms with Gasteiger partial charge in [-0.1, -0.05) is 47.0 Å². The zero-order valence-electron chi connectivity index (χ0n) is 5.10. The monoisotopic (exact) mass is 197 g/mol. The summed E-state index contributed by atoms with van der Waals surface area (Å²) in [6, 6.07) is 0. The predicted octanol–water partition coefficient (Wildman–Crippen LogP) is 2.70. The topological polar surface area (TPSA) is 3.24 Å². The van der Waals surface area contributed by atoms with Crippen LogP contribution in [0.4, 0.5) is 0 Å². The first-order valence-corrected chi connectivity index (χ1v) is 3.91. The molecule has 0 N–H and O–H groups in total. The smallest absolute Gasteiger partial charge is 0.268 e. The number of allylic oxidation sites excluding steroid dienone is 2. The maximum atomic E-state index is 5.58. The van der Waals surface area contributed by atoms with Crippen molar-refractivity contribution in [3.05, 3.63) is 24.4 Å². The molecule has 1 aliphatic rings. The van der Waals surface area contributed by atoms with Crippen molar-refractivity contribution in [1.29, 1.82) is 0 Å². The van der Waals surface area contributed by atoms with Crippen molar-refractivity contribution in [2.24, 2.45) is 0 Å². The van der Waals surface area contributed by atoms with Crippen LogP contribution in [0.15, 0.2) is 24.4 Å². The van der Waals surface area contributed by atoms with Crippen LogP contribution in [0.1, 0.15) is 0 Å². The molecule has 1 nitrogen and oxygen atoms in total. The van der Waals surface area contributed by atoms with E-state index in [1.165, 1.54) is 0 Å². The number of nitrogens with zero attached hydrogens (tertiary/aromatic N) is 1. The molecule has 0 radical (unpaired) electrons. The van der Waals surface area contributed by atoms with Gasteiger partial charge in [-0.15, -0.1) is 0 Å². The van der Waals surface area contributed by atoms with Gasteiger partial charge in [-0.2, -0.15) is 0 Å². The molecule has 0 bridgehead atoms. The first-order valence-electron chi connectivity index (χ1n) is 2.77. The molecule has 0 fully saturated rings. The van der Waals surface area contributed by atoms with Gasteiger partial charge < -0.3 is 4.90 Å². The van der Waals surface area contributed by atoms with Gasteiger partial charge in [0.25, 0.3) is 3.92 Å². The molecule has 0 amide bonds. The predicted molar refractivity (Wildman–Crippen MR) is 45.3 cm³/mol. The fourth-order valence-electron chi connectivity index (χ4n) is 0.655. The lowest BCUT2D eigenvalue weighted by molar-refractivity contribution is 0.419. The zero-order valence-corrected chi connectivity index (χ0v) is 7.37. The minimum atomic E-state index is -1.32. The molecule has 0 spiro atoms. The van der Waals surface area contributed by atoms with Crippen LogP contribution in [0.2, 0.25) is 0 Å². The Morgan fingerprint density at radius 2 is 1.90 bits per heavy atom. The Labute approximate surface area is 74.8 Å². The Bertz CT molecular complexity index is 168. The zero-order chi connectivity index (χ0) is 7.61. The summed E-state index contributed by atoms with van der Waals surface area (Å²) in [7, 11) is 0. The molecule has 0 aromatic heterocycles. The minimum absolute atomic E-state index is 0.646. The summed E-state index contributed by atoms with van der Waals surface area (Å²) in [5.74, 6) is 0. The van der Waals surface area contributed by atoms with Crippen molar-refractivity contribution >= 4 is 34.8 Å². The maximum Gasteiger partial charge on any atom is 0.268 e. The lowest BCUT2D eigenvalue weighted by atomic mass is 10.4. The van der Waals surface area contributed by atoms with Crippen molar-refractivity contribution < 1.29 is 0 Å². The average Bonchev–Trinajstić information content (AvgIpc) is 1.88. The third-order valence-corrected chi connectivity index (χ3v) is 1.79. The largest absolute Gasteiger partial charge is 0.331 e. The second kappa shape index (κ2) is 3.04. The van der Waals surface area contributed by atoms with Crippen molar-refractivity contribution in [2.75, 3.05) is 6.54 Å². The third kappa shape index (κ3) is 2.08. The van der Waals surface area contributed by atoms with E-state index in [4.69, 9.17) is 34.8 Å². The van der Waals surface area contributed by atoms with E-state index >= 15 is 0 Å². The van der Waals surface area contributed by atoms with Gasteiger partial charge in [0.2, 0.25) is 0 Å². The van der Waals surface area contributed by atoms with E-state index in [1.807, 2.05) is 18.2 Å². The van der Waals surface area contributed by atoms with E-state index < -0.39 is 3.92 Å². The van der Waals surface area contributed by atoms with Gasteiger partial charge in [0, 0.05) is 12.7 Å². The van der Waals surface area contributed by atoms with E-state index in [1.54, 1.807) is 11.1 Å². The Kier molecular flexibility index (Phi) is 2.50. The van der Waals surface area contributed by atoms with Gasteiger partial charge >= 0.3 is 0 Å². The summed E-state index contributed by atoms with van der Waals surface area (Å²) in [5, 5.41) is 0. The molecule has 1 rings (SSSR count). The molecule has 0 atom stereocenters. The summed E-state index contributed by atoms with van der Waals surface area (Å²) in [6.45, 7) is 0.646. The SMILES string of the molecule is ClC(Cl)(Cl)N1C=CC=CC1. The normalized spacial score (nSPS) is 18.1. The molecule has 56 valence electrons. The lowest BCUT2D eigenvalue weighted by Gasteiger charge is -2.27. The highest BCUT2D eigenvalue weighted by atomic mass is 35.6. The summed E-state index contributed by atoms with van der Waals surface area (Å²) >= 11 is 16.8. The fourth-order valence-corrected chi connectivity index (χ4v) is 1.03. The molecular formula is C6H6Cl3N. The molecule has 0 saturated heterocycles. The van der Waals surface area contributed by atoms with E-state index in [0.29, 0.717) is 6.54 Å². The molecule has 1 aliphatic heterocycles. The van der Waals surface area contributed by atoms with Crippen molar-refractivity contribution in [2.45, 2.75) is 3.92 Å². The third-order valence-electron chi connectivity index (χ3n) is 1.14. The summed E-state index contributed by atoms with van der Waals surface area (Å²) in [5.41, 5.74) is 0. The van der Waals surface area contributed by atoms with E-state index in [0.717, 1.165) is 0 Å². The van der Waals surface area contributed by atoms with Crippen LogP contribution in [-0.4, -0.2) is 15.4 Å². The lowest BCUT2D eigenvalue weighted by Crippen LogP contribution is -2.31. The Hall–Kier alpha value is 0.150. The molecular weight excluding hydrogens is 192 g/mol. The highest BCUT2D eigenvalue weighted by Crippen LogP contribution is 2.31. The van der Waals surface area contributed by atoms with Crippen molar-refractivity contribution in [3.63, 3.8) is 0 Å². The first kappa shape index (κ1) is 8.25. The number of halogens is 3. The van der Waals surface area contributed by atoms with E-state index in [9.17, 15) is 0 Å². The highest BCUT2D eigenvalue weighted by molar-refractivity contribution is 6.67. The van der Waals surface area contributed by atoms with Gasteiger partial charge in [0.15, 0.2) is 0 Å².